The second-order valence-corrected chi connectivity index (χ2v) is 4.79. The van der Waals surface area contributed by atoms with E-state index in [0.29, 0.717) is 24.1 Å². The Morgan fingerprint density at radius 3 is 2.77 bits per heavy atom. The predicted molar refractivity (Wildman–Crippen MR) is 80.9 cm³/mol. The Balaban J connectivity index is 2.55. The van der Waals surface area contributed by atoms with Crippen molar-refractivity contribution in [2.45, 2.75) is 26.3 Å². The molecular weight excluding hydrogens is 286 g/mol. The minimum Gasteiger partial charge on any atom is -0.298 e. The standard InChI is InChI=1S/C15H15N3O4/c1-2-3-7-17-15(20)12(10-19)9-14(16-17)11-5-4-6-13(8-11)18(21)22/h4-6,8-10H,2-3,7H2,1H3. The number of hydrogen-bond donors (Lipinski definition) is 0. The molecule has 0 aliphatic heterocycles. The first kappa shape index (κ1) is 15.6. The molecule has 7 nitrogen and oxygen atoms in total. The summed E-state index contributed by atoms with van der Waals surface area (Å²) in [5.41, 5.74) is 0.326. The van der Waals surface area contributed by atoms with E-state index in [-0.39, 0.29) is 11.3 Å². The highest BCUT2D eigenvalue weighted by Gasteiger charge is 2.12. The molecule has 0 aliphatic rings. The van der Waals surface area contributed by atoms with Crippen LogP contribution in [0.1, 0.15) is 30.1 Å². The molecule has 0 radical (unpaired) electrons. The van der Waals surface area contributed by atoms with E-state index in [9.17, 15) is 19.7 Å². The first-order valence-electron chi connectivity index (χ1n) is 6.89. The van der Waals surface area contributed by atoms with Crippen LogP contribution in [-0.2, 0) is 6.54 Å². The molecule has 0 saturated heterocycles. The van der Waals surface area contributed by atoms with Gasteiger partial charge in [-0.2, -0.15) is 5.10 Å². The van der Waals surface area contributed by atoms with Gasteiger partial charge in [0.05, 0.1) is 16.2 Å². The molecule has 0 bridgehead atoms. The van der Waals surface area contributed by atoms with Gasteiger partial charge in [-0.3, -0.25) is 19.7 Å². The number of rotatable bonds is 6. The lowest BCUT2D eigenvalue weighted by molar-refractivity contribution is -0.384. The Bertz CT molecular complexity index is 768. The van der Waals surface area contributed by atoms with Crippen LogP contribution in [-0.4, -0.2) is 21.0 Å². The molecule has 2 rings (SSSR count). The Labute approximate surface area is 126 Å². The largest absolute Gasteiger partial charge is 0.298 e. The van der Waals surface area contributed by atoms with Crippen molar-refractivity contribution < 1.29 is 9.72 Å². The maximum Gasteiger partial charge on any atom is 0.277 e. The summed E-state index contributed by atoms with van der Waals surface area (Å²) in [4.78, 5) is 33.4. The molecule has 0 spiro atoms. The number of nitro groups is 1. The van der Waals surface area contributed by atoms with E-state index < -0.39 is 10.5 Å². The normalized spacial score (nSPS) is 10.4. The monoisotopic (exact) mass is 301 g/mol. The van der Waals surface area contributed by atoms with Crippen molar-refractivity contribution in [2.75, 3.05) is 0 Å². The van der Waals surface area contributed by atoms with Crippen LogP contribution in [0.3, 0.4) is 0 Å². The van der Waals surface area contributed by atoms with E-state index >= 15 is 0 Å². The fourth-order valence-electron chi connectivity index (χ4n) is 2.03. The van der Waals surface area contributed by atoms with Gasteiger partial charge in [0, 0.05) is 24.2 Å². The van der Waals surface area contributed by atoms with Crippen LogP contribution in [0.2, 0.25) is 0 Å². The predicted octanol–water partition coefficient (Wildman–Crippen LogP) is 2.43. The van der Waals surface area contributed by atoms with Gasteiger partial charge in [0.1, 0.15) is 0 Å². The van der Waals surface area contributed by atoms with Gasteiger partial charge in [-0.05, 0) is 12.5 Å². The molecule has 0 unspecified atom stereocenters. The van der Waals surface area contributed by atoms with E-state index in [2.05, 4.69) is 5.10 Å². The second kappa shape index (κ2) is 6.75. The lowest BCUT2D eigenvalue weighted by atomic mass is 10.1. The van der Waals surface area contributed by atoms with Crippen LogP contribution in [0.25, 0.3) is 11.3 Å². The van der Waals surface area contributed by atoms with Crippen molar-refractivity contribution in [1.29, 1.82) is 0 Å². The number of aryl methyl sites for hydroxylation is 1. The van der Waals surface area contributed by atoms with E-state index in [4.69, 9.17) is 0 Å². The number of aldehydes is 1. The zero-order valence-corrected chi connectivity index (χ0v) is 12.1. The number of hydrogen-bond acceptors (Lipinski definition) is 5. The lowest BCUT2D eigenvalue weighted by Crippen LogP contribution is -2.26. The summed E-state index contributed by atoms with van der Waals surface area (Å²) in [5, 5.41) is 15.1. The quantitative estimate of drug-likeness (QED) is 0.464. The van der Waals surface area contributed by atoms with E-state index in [1.807, 2.05) is 6.92 Å². The third kappa shape index (κ3) is 3.25. The smallest absolute Gasteiger partial charge is 0.277 e. The topological polar surface area (TPSA) is 95.1 Å². The molecule has 1 aromatic heterocycles. The maximum absolute atomic E-state index is 12.0. The molecule has 0 fully saturated rings. The summed E-state index contributed by atoms with van der Waals surface area (Å²) >= 11 is 0. The summed E-state index contributed by atoms with van der Waals surface area (Å²) in [6.45, 7) is 2.38. The Morgan fingerprint density at radius 1 is 1.36 bits per heavy atom. The van der Waals surface area contributed by atoms with Crippen molar-refractivity contribution in [3.8, 4) is 11.3 Å². The Hall–Kier alpha value is -2.83. The number of carbonyl (C=O) groups excluding carboxylic acids is 1. The molecule has 0 atom stereocenters. The molecule has 1 aromatic carbocycles. The first-order chi connectivity index (χ1) is 10.6. The van der Waals surface area contributed by atoms with Crippen molar-refractivity contribution in [3.05, 3.63) is 56.4 Å². The second-order valence-electron chi connectivity index (χ2n) is 4.79. The summed E-state index contributed by atoms with van der Waals surface area (Å²) in [7, 11) is 0. The highest BCUT2D eigenvalue weighted by atomic mass is 16.6. The molecule has 0 aliphatic carbocycles. The average Bonchev–Trinajstić information content (AvgIpc) is 2.54. The fourth-order valence-corrected chi connectivity index (χ4v) is 2.03. The molecule has 0 N–H and O–H groups in total. The SMILES string of the molecule is CCCCn1nc(-c2cccc([N+](=O)[O-])c2)cc(C=O)c1=O. The Kier molecular flexibility index (Phi) is 4.77. The fraction of sp³-hybridized carbons (Fsp3) is 0.267. The van der Waals surface area contributed by atoms with Crippen LogP contribution in [0.15, 0.2) is 35.1 Å². The number of unbranched alkanes of at least 4 members (excludes halogenated alkanes) is 1. The molecule has 7 heteroatoms. The molecule has 1 heterocycles. The zero-order valence-electron chi connectivity index (χ0n) is 12.1. The molecular formula is C15H15N3O4. The van der Waals surface area contributed by atoms with Crippen molar-refractivity contribution in [2.24, 2.45) is 0 Å². The molecule has 22 heavy (non-hydrogen) atoms. The number of benzene rings is 1. The number of non-ortho nitro benzene ring substituents is 1. The van der Waals surface area contributed by atoms with E-state index in [0.717, 1.165) is 12.8 Å². The van der Waals surface area contributed by atoms with Gasteiger partial charge in [-0.25, -0.2) is 4.68 Å². The summed E-state index contributed by atoms with van der Waals surface area (Å²) in [5.74, 6) is 0. The van der Waals surface area contributed by atoms with Crippen LogP contribution < -0.4 is 5.56 Å². The van der Waals surface area contributed by atoms with Crippen LogP contribution in [0.5, 0.6) is 0 Å². The molecule has 0 saturated carbocycles. The van der Waals surface area contributed by atoms with Gasteiger partial charge in [0.25, 0.3) is 11.2 Å². The van der Waals surface area contributed by atoms with Crippen LogP contribution in [0, 0.1) is 10.1 Å². The van der Waals surface area contributed by atoms with E-state index in [1.54, 1.807) is 6.07 Å². The summed E-state index contributed by atoms with van der Waals surface area (Å²) < 4.78 is 1.24. The highest BCUT2D eigenvalue weighted by molar-refractivity contribution is 5.77. The van der Waals surface area contributed by atoms with E-state index in [1.165, 1.54) is 28.9 Å². The van der Waals surface area contributed by atoms with Gasteiger partial charge >= 0.3 is 0 Å². The van der Waals surface area contributed by atoms with Crippen molar-refractivity contribution in [1.82, 2.24) is 9.78 Å². The molecule has 0 amide bonds. The minimum absolute atomic E-state index is 0.00684. The Morgan fingerprint density at radius 2 is 2.14 bits per heavy atom. The third-order valence-corrected chi connectivity index (χ3v) is 3.21. The molecule has 114 valence electrons. The number of carbonyl (C=O) groups is 1. The van der Waals surface area contributed by atoms with Crippen LogP contribution >= 0.6 is 0 Å². The van der Waals surface area contributed by atoms with Gasteiger partial charge in [-0.15, -0.1) is 0 Å². The first-order valence-corrected chi connectivity index (χ1v) is 6.89. The zero-order chi connectivity index (χ0) is 16.1. The third-order valence-electron chi connectivity index (χ3n) is 3.21. The van der Waals surface area contributed by atoms with Crippen molar-refractivity contribution in [3.63, 3.8) is 0 Å². The number of nitrogens with zero attached hydrogens (tertiary/aromatic N) is 3. The highest BCUT2D eigenvalue weighted by Crippen LogP contribution is 2.21. The maximum atomic E-state index is 12.0. The molecule has 2 aromatic rings. The van der Waals surface area contributed by atoms with Gasteiger partial charge < -0.3 is 0 Å². The van der Waals surface area contributed by atoms with Gasteiger partial charge in [0.2, 0.25) is 0 Å². The number of nitro benzene ring substituents is 1. The van der Waals surface area contributed by atoms with Crippen molar-refractivity contribution >= 4 is 12.0 Å². The lowest BCUT2D eigenvalue weighted by Gasteiger charge is -2.08. The minimum atomic E-state index is -0.503. The van der Waals surface area contributed by atoms with Gasteiger partial charge in [0.15, 0.2) is 6.29 Å². The average molecular weight is 301 g/mol. The van der Waals surface area contributed by atoms with Gasteiger partial charge in [-0.1, -0.05) is 25.5 Å². The summed E-state index contributed by atoms with van der Waals surface area (Å²) in [6, 6.07) is 7.29. The van der Waals surface area contributed by atoms with Crippen LogP contribution in [0.4, 0.5) is 5.69 Å². The summed E-state index contributed by atoms with van der Waals surface area (Å²) in [6.07, 6.45) is 2.11. The number of aromatic nitrogens is 2.